The van der Waals surface area contributed by atoms with E-state index in [1.54, 1.807) is 6.07 Å². The summed E-state index contributed by atoms with van der Waals surface area (Å²) in [5.41, 5.74) is 3.81. The minimum atomic E-state index is -0.340. The van der Waals surface area contributed by atoms with E-state index in [2.05, 4.69) is 32.0 Å². The van der Waals surface area contributed by atoms with Gasteiger partial charge in [-0.2, -0.15) is 9.61 Å². The van der Waals surface area contributed by atoms with Gasteiger partial charge in [0.1, 0.15) is 0 Å². The zero-order valence-corrected chi connectivity index (χ0v) is 11.3. The SMILES string of the molecule is O=c1[nH]nc2ccc(Nc3cccc4c3CCNC4)nn12. The molecule has 0 bridgehead atoms. The summed E-state index contributed by atoms with van der Waals surface area (Å²) in [6.07, 6.45) is 0.979. The smallest absolute Gasteiger partial charge is 0.339 e. The zero-order valence-electron chi connectivity index (χ0n) is 11.3. The molecule has 0 saturated carbocycles. The van der Waals surface area contributed by atoms with E-state index in [9.17, 15) is 4.79 Å². The van der Waals surface area contributed by atoms with Gasteiger partial charge in [0, 0.05) is 12.2 Å². The van der Waals surface area contributed by atoms with Crippen molar-refractivity contribution in [1.82, 2.24) is 25.1 Å². The summed E-state index contributed by atoms with van der Waals surface area (Å²) in [5.74, 6) is 0.623. The molecule has 3 N–H and O–H groups in total. The maximum atomic E-state index is 11.6. The number of fused-ring (bicyclic) bond motifs is 2. The number of H-pyrrole nitrogens is 1. The first kappa shape index (κ1) is 12.1. The highest BCUT2D eigenvalue weighted by molar-refractivity contribution is 5.63. The predicted octanol–water partition coefficient (Wildman–Crippen LogP) is 0.807. The molecule has 0 saturated heterocycles. The van der Waals surface area contributed by atoms with Crippen LogP contribution in [0.3, 0.4) is 0 Å². The third-order valence-corrected chi connectivity index (χ3v) is 3.68. The monoisotopic (exact) mass is 282 g/mol. The Hall–Kier alpha value is -2.67. The molecule has 3 heterocycles. The molecule has 0 aliphatic carbocycles. The lowest BCUT2D eigenvalue weighted by Crippen LogP contribution is -2.24. The Balaban J connectivity index is 1.74. The van der Waals surface area contributed by atoms with E-state index in [1.165, 1.54) is 15.6 Å². The topological polar surface area (TPSA) is 87.1 Å². The fourth-order valence-electron chi connectivity index (χ4n) is 2.66. The van der Waals surface area contributed by atoms with Gasteiger partial charge in [0.2, 0.25) is 0 Å². The highest BCUT2D eigenvalue weighted by atomic mass is 16.2. The lowest BCUT2D eigenvalue weighted by atomic mass is 9.99. The highest BCUT2D eigenvalue weighted by Crippen LogP contribution is 2.25. The van der Waals surface area contributed by atoms with Crippen molar-refractivity contribution in [2.45, 2.75) is 13.0 Å². The molecule has 0 fully saturated rings. The average Bonchev–Trinajstić information content (AvgIpc) is 2.89. The number of hydrogen-bond donors (Lipinski definition) is 3. The maximum Gasteiger partial charge on any atom is 0.364 e. The highest BCUT2D eigenvalue weighted by Gasteiger charge is 2.13. The fraction of sp³-hybridized carbons (Fsp3) is 0.214. The molecule has 3 aromatic rings. The summed E-state index contributed by atoms with van der Waals surface area (Å²) < 4.78 is 1.25. The summed E-state index contributed by atoms with van der Waals surface area (Å²) in [7, 11) is 0. The van der Waals surface area contributed by atoms with Crippen LogP contribution in [0, 0.1) is 0 Å². The number of hydrogen-bond acceptors (Lipinski definition) is 5. The predicted molar refractivity (Wildman–Crippen MR) is 78.7 cm³/mol. The van der Waals surface area contributed by atoms with Gasteiger partial charge in [-0.25, -0.2) is 9.89 Å². The van der Waals surface area contributed by atoms with E-state index in [1.807, 2.05) is 18.2 Å². The Labute approximate surface area is 120 Å². The van der Waals surface area contributed by atoms with Gasteiger partial charge in [-0.15, -0.1) is 5.10 Å². The number of benzene rings is 1. The van der Waals surface area contributed by atoms with E-state index < -0.39 is 0 Å². The molecule has 106 valence electrons. The number of anilines is 2. The lowest BCUT2D eigenvalue weighted by molar-refractivity contribution is 0.645. The van der Waals surface area contributed by atoms with Gasteiger partial charge >= 0.3 is 5.69 Å². The van der Waals surface area contributed by atoms with Crippen molar-refractivity contribution in [2.75, 3.05) is 11.9 Å². The van der Waals surface area contributed by atoms with Gasteiger partial charge in [-0.1, -0.05) is 12.1 Å². The number of aromatic amines is 1. The van der Waals surface area contributed by atoms with Crippen LogP contribution in [0.4, 0.5) is 11.5 Å². The Kier molecular flexibility index (Phi) is 2.71. The van der Waals surface area contributed by atoms with Gasteiger partial charge in [0.15, 0.2) is 11.5 Å². The number of aromatic nitrogens is 4. The first-order valence-electron chi connectivity index (χ1n) is 6.84. The van der Waals surface area contributed by atoms with Crippen LogP contribution in [0.2, 0.25) is 0 Å². The number of nitrogens with zero attached hydrogens (tertiary/aromatic N) is 3. The van der Waals surface area contributed by atoms with E-state index in [4.69, 9.17) is 0 Å². The van der Waals surface area contributed by atoms with Crippen LogP contribution in [-0.4, -0.2) is 26.4 Å². The quantitative estimate of drug-likeness (QED) is 0.647. The molecule has 0 amide bonds. The minimum Gasteiger partial charge on any atom is -0.339 e. The van der Waals surface area contributed by atoms with Crippen LogP contribution < -0.4 is 16.3 Å². The molecule has 0 unspecified atom stereocenters. The Morgan fingerprint density at radius 3 is 3.14 bits per heavy atom. The first-order chi connectivity index (χ1) is 10.3. The first-order valence-corrected chi connectivity index (χ1v) is 6.84. The summed E-state index contributed by atoms with van der Waals surface area (Å²) in [5, 5.41) is 17.2. The second-order valence-electron chi connectivity index (χ2n) is 5.01. The van der Waals surface area contributed by atoms with Gasteiger partial charge in [-0.3, -0.25) is 0 Å². The van der Waals surface area contributed by atoms with Crippen molar-refractivity contribution in [2.24, 2.45) is 0 Å². The molecule has 7 nitrogen and oxygen atoms in total. The van der Waals surface area contributed by atoms with Gasteiger partial charge in [-0.05, 0) is 42.3 Å². The van der Waals surface area contributed by atoms with Crippen LogP contribution in [0.25, 0.3) is 5.65 Å². The van der Waals surface area contributed by atoms with Crippen molar-refractivity contribution >= 4 is 17.2 Å². The number of rotatable bonds is 2. The van der Waals surface area contributed by atoms with Crippen LogP contribution in [0.5, 0.6) is 0 Å². The summed E-state index contributed by atoms with van der Waals surface area (Å²) in [4.78, 5) is 11.6. The fourth-order valence-corrected chi connectivity index (χ4v) is 2.66. The lowest BCUT2D eigenvalue weighted by Gasteiger charge is -2.20. The molecule has 0 atom stereocenters. The van der Waals surface area contributed by atoms with E-state index >= 15 is 0 Å². The molecule has 21 heavy (non-hydrogen) atoms. The average molecular weight is 282 g/mol. The minimum absolute atomic E-state index is 0.340. The summed E-state index contributed by atoms with van der Waals surface area (Å²) in [6.45, 7) is 1.86. The normalized spacial score (nSPS) is 14.1. The molecule has 7 heteroatoms. The molecule has 0 radical (unpaired) electrons. The molecule has 1 aliphatic heterocycles. The standard InChI is InChI=1S/C14H14N6O/c21-14-18-17-13-5-4-12(19-20(13)14)16-11-3-1-2-9-8-15-7-6-10(9)11/h1-5,15H,6-8H2,(H,16,19)(H,18,21). The van der Waals surface area contributed by atoms with Crippen LogP contribution in [0.1, 0.15) is 11.1 Å². The van der Waals surface area contributed by atoms with Gasteiger partial charge in [0.05, 0.1) is 0 Å². The van der Waals surface area contributed by atoms with Crippen LogP contribution in [-0.2, 0) is 13.0 Å². The maximum absolute atomic E-state index is 11.6. The van der Waals surface area contributed by atoms with E-state index in [0.717, 1.165) is 25.2 Å². The molecule has 1 aromatic carbocycles. The Morgan fingerprint density at radius 1 is 1.24 bits per heavy atom. The molecule has 1 aliphatic rings. The van der Waals surface area contributed by atoms with Crippen molar-refractivity contribution in [3.8, 4) is 0 Å². The molecular weight excluding hydrogens is 268 g/mol. The summed E-state index contributed by atoms with van der Waals surface area (Å²) >= 11 is 0. The largest absolute Gasteiger partial charge is 0.364 e. The third kappa shape index (κ3) is 2.07. The van der Waals surface area contributed by atoms with E-state index in [-0.39, 0.29) is 5.69 Å². The number of nitrogens with one attached hydrogen (secondary N) is 3. The molecule has 0 spiro atoms. The van der Waals surface area contributed by atoms with Crippen LogP contribution >= 0.6 is 0 Å². The second kappa shape index (κ2) is 4.71. The van der Waals surface area contributed by atoms with Gasteiger partial charge < -0.3 is 10.6 Å². The molecule has 2 aromatic heterocycles. The Morgan fingerprint density at radius 2 is 2.19 bits per heavy atom. The van der Waals surface area contributed by atoms with Crippen LogP contribution in [0.15, 0.2) is 35.1 Å². The van der Waals surface area contributed by atoms with E-state index in [0.29, 0.717) is 11.5 Å². The molecular formula is C14H14N6O. The van der Waals surface area contributed by atoms with Crippen molar-refractivity contribution < 1.29 is 0 Å². The third-order valence-electron chi connectivity index (χ3n) is 3.68. The van der Waals surface area contributed by atoms with Crippen molar-refractivity contribution in [1.29, 1.82) is 0 Å². The van der Waals surface area contributed by atoms with Gasteiger partial charge in [0.25, 0.3) is 0 Å². The van der Waals surface area contributed by atoms with Crippen molar-refractivity contribution in [3.63, 3.8) is 0 Å². The molecule has 4 rings (SSSR count). The second-order valence-corrected chi connectivity index (χ2v) is 5.01. The summed E-state index contributed by atoms with van der Waals surface area (Å²) in [6, 6.07) is 9.76. The van der Waals surface area contributed by atoms with Crippen molar-refractivity contribution in [3.05, 3.63) is 51.9 Å². The Bertz CT molecular complexity index is 865. The zero-order chi connectivity index (χ0) is 14.2.